The molecule has 3 aromatic carbocycles. The van der Waals surface area contributed by atoms with E-state index in [1.165, 1.54) is 6.21 Å². The third kappa shape index (κ3) is 6.35. The number of benzene rings is 3. The Bertz CT molecular complexity index is 1240. The third-order valence-electron chi connectivity index (χ3n) is 4.56. The van der Waals surface area contributed by atoms with E-state index in [0.717, 1.165) is 11.1 Å². The number of hydrogen-bond donors (Lipinski definition) is 2. The van der Waals surface area contributed by atoms with Gasteiger partial charge in [0, 0.05) is 11.3 Å². The monoisotopic (exact) mass is 440 g/mol. The highest BCUT2D eigenvalue weighted by Crippen LogP contribution is 2.19. The number of rotatable bonds is 6. The summed E-state index contributed by atoms with van der Waals surface area (Å²) in [4.78, 5) is 36.6. The van der Waals surface area contributed by atoms with Crippen LogP contribution in [0.2, 0.25) is 0 Å². The van der Waals surface area contributed by atoms with Gasteiger partial charge in [-0.25, -0.2) is 10.2 Å². The molecular formula is C25H20N4O4. The molecule has 3 aromatic rings. The molecule has 33 heavy (non-hydrogen) atoms. The lowest BCUT2D eigenvalue weighted by Gasteiger charge is -2.09. The summed E-state index contributed by atoms with van der Waals surface area (Å²) >= 11 is 0. The Hall–Kier alpha value is -4.77. The van der Waals surface area contributed by atoms with Gasteiger partial charge in [-0.1, -0.05) is 42.5 Å². The number of hydrazone groups is 1. The molecule has 0 spiro atoms. The molecule has 0 aliphatic carbocycles. The van der Waals surface area contributed by atoms with Gasteiger partial charge in [-0.3, -0.25) is 9.59 Å². The standard InChI is InChI=1S/C25H20N4O4/c1-17-6-2-4-8-21(17)25(32)33-22-9-5-3-7-19(22)16-27-29-24(31)23(30)28-20-12-10-18(11-13-20)14-15-26/h2-13,16H,14H2,1H3,(H,28,30)(H,29,31). The lowest BCUT2D eigenvalue weighted by atomic mass is 10.1. The van der Waals surface area contributed by atoms with Crippen molar-refractivity contribution in [2.75, 3.05) is 5.32 Å². The molecule has 164 valence electrons. The van der Waals surface area contributed by atoms with Gasteiger partial charge < -0.3 is 10.1 Å². The molecule has 0 aliphatic rings. The average molecular weight is 440 g/mol. The topological polar surface area (TPSA) is 121 Å². The summed E-state index contributed by atoms with van der Waals surface area (Å²) in [5.74, 6) is -2.13. The van der Waals surface area contributed by atoms with Crippen LogP contribution in [0.5, 0.6) is 5.75 Å². The van der Waals surface area contributed by atoms with Crippen LogP contribution in [-0.2, 0) is 16.0 Å². The maximum Gasteiger partial charge on any atom is 0.343 e. The smallest absolute Gasteiger partial charge is 0.343 e. The molecule has 2 N–H and O–H groups in total. The number of hydrogen-bond acceptors (Lipinski definition) is 6. The van der Waals surface area contributed by atoms with Gasteiger partial charge in [0.2, 0.25) is 0 Å². The second-order valence-corrected chi connectivity index (χ2v) is 6.93. The van der Waals surface area contributed by atoms with Gasteiger partial charge in [0.15, 0.2) is 0 Å². The van der Waals surface area contributed by atoms with E-state index in [-0.39, 0.29) is 12.2 Å². The van der Waals surface area contributed by atoms with Crippen molar-refractivity contribution in [3.63, 3.8) is 0 Å². The minimum atomic E-state index is -0.971. The van der Waals surface area contributed by atoms with Crippen molar-refractivity contribution in [3.8, 4) is 11.8 Å². The first-order valence-electron chi connectivity index (χ1n) is 9.95. The van der Waals surface area contributed by atoms with Crippen LogP contribution in [-0.4, -0.2) is 24.0 Å². The van der Waals surface area contributed by atoms with E-state index in [4.69, 9.17) is 10.00 Å². The van der Waals surface area contributed by atoms with Crippen LogP contribution in [0.25, 0.3) is 0 Å². The SMILES string of the molecule is Cc1ccccc1C(=O)Oc1ccccc1C=NNC(=O)C(=O)Nc1ccc(CC#N)cc1. The van der Waals surface area contributed by atoms with E-state index in [1.54, 1.807) is 60.7 Å². The van der Waals surface area contributed by atoms with Crippen LogP contribution in [0.3, 0.4) is 0 Å². The Morgan fingerprint density at radius 3 is 2.39 bits per heavy atom. The second kappa shape index (κ2) is 11.0. The summed E-state index contributed by atoms with van der Waals surface area (Å²) in [6.45, 7) is 1.81. The summed E-state index contributed by atoms with van der Waals surface area (Å²) < 4.78 is 5.48. The van der Waals surface area contributed by atoms with Crippen LogP contribution in [0.15, 0.2) is 77.9 Å². The Morgan fingerprint density at radius 2 is 1.67 bits per heavy atom. The van der Waals surface area contributed by atoms with Crippen LogP contribution >= 0.6 is 0 Å². The van der Waals surface area contributed by atoms with Crippen LogP contribution in [0.4, 0.5) is 5.69 Å². The van der Waals surface area contributed by atoms with E-state index < -0.39 is 17.8 Å². The van der Waals surface area contributed by atoms with Crippen molar-refractivity contribution >= 4 is 29.7 Å². The minimum absolute atomic E-state index is 0.255. The highest BCUT2D eigenvalue weighted by Gasteiger charge is 2.14. The quantitative estimate of drug-likeness (QED) is 0.200. The van der Waals surface area contributed by atoms with Gasteiger partial charge in [0.25, 0.3) is 0 Å². The molecular weight excluding hydrogens is 420 g/mol. The fourth-order valence-electron chi connectivity index (χ4n) is 2.83. The lowest BCUT2D eigenvalue weighted by molar-refractivity contribution is -0.136. The molecule has 8 heteroatoms. The fourth-order valence-corrected chi connectivity index (χ4v) is 2.83. The van der Waals surface area contributed by atoms with Gasteiger partial charge in [-0.15, -0.1) is 0 Å². The number of nitrogens with one attached hydrogen (secondary N) is 2. The van der Waals surface area contributed by atoms with E-state index >= 15 is 0 Å². The highest BCUT2D eigenvalue weighted by atomic mass is 16.5. The Kier molecular flexibility index (Phi) is 7.65. The molecule has 0 saturated heterocycles. The predicted octanol–water partition coefficient (Wildman–Crippen LogP) is 3.37. The van der Waals surface area contributed by atoms with Crippen molar-refractivity contribution in [1.82, 2.24) is 5.43 Å². The lowest BCUT2D eigenvalue weighted by Crippen LogP contribution is -2.32. The molecule has 2 amide bonds. The van der Waals surface area contributed by atoms with E-state index in [1.807, 2.05) is 25.1 Å². The zero-order chi connectivity index (χ0) is 23.6. The second-order valence-electron chi connectivity index (χ2n) is 6.93. The molecule has 0 unspecified atom stereocenters. The van der Waals surface area contributed by atoms with Crippen molar-refractivity contribution in [1.29, 1.82) is 5.26 Å². The summed E-state index contributed by atoms with van der Waals surface area (Å²) in [7, 11) is 0. The zero-order valence-electron chi connectivity index (χ0n) is 17.7. The summed E-state index contributed by atoms with van der Waals surface area (Å²) in [6.07, 6.45) is 1.54. The average Bonchev–Trinajstić information content (AvgIpc) is 2.81. The molecule has 3 rings (SSSR count). The first-order chi connectivity index (χ1) is 16.0. The van der Waals surface area contributed by atoms with Crippen LogP contribution in [0.1, 0.15) is 27.0 Å². The highest BCUT2D eigenvalue weighted by molar-refractivity contribution is 6.39. The number of anilines is 1. The van der Waals surface area contributed by atoms with Gasteiger partial charge in [0.05, 0.1) is 24.3 Å². The molecule has 0 heterocycles. The zero-order valence-corrected chi connectivity index (χ0v) is 17.7. The summed E-state index contributed by atoms with van der Waals surface area (Å²) in [5, 5.41) is 14.9. The summed E-state index contributed by atoms with van der Waals surface area (Å²) in [5.41, 5.74) is 5.01. The molecule has 0 fully saturated rings. The van der Waals surface area contributed by atoms with E-state index in [2.05, 4.69) is 15.8 Å². The van der Waals surface area contributed by atoms with Crippen LogP contribution in [0, 0.1) is 18.3 Å². The maximum absolute atomic E-state index is 12.5. The normalized spacial score (nSPS) is 10.3. The number of carbonyl (C=O) groups excluding carboxylic acids is 3. The van der Waals surface area contributed by atoms with Gasteiger partial charge >= 0.3 is 17.8 Å². The Balaban J connectivity index is 1.60. The van der Waals surface area contributed by atoms with E-state index in [0.29, 0.717) is 16.8 Å². The van der Waals surface area contributed by atoms with Crippen molar-refractivity contribution in [2.45, 2.75) is 13.3 Å². The number of para-hydroxylation sites is 1. The minimum Gasteiger partial charge on any atom is -0.422 e. The number of nitrogens with zero attached hydrogens (tertiary/aromatic N) is 2. The predicted molar refractivity (Wildman–Crippen MR) is 123 cm³/mol. The number of nitriles is 1. The molecule has 0 bridgehead atoms. The molecule has 0 saturated carbocycles. The van der Waals surface area contributed by atoms with E-state index in [9.17, 15) is 14.4 Å². The largest absolute Gasteiger partial charge is 0.422 e. The number of esters is 1. The molecule has 0 radical (unpaired) electrons. The number of ether oxygens (including phenoxy) is 1. The molecule has 8 nitrogen and oxygen atoms in total. The summed E-state index contributed by atoms with van der Waals surface area (Å²) in [6, 6.07) is 22.3. The van der Waals surface area contributed by atoms with Crippen LogP contribution < -0.4 is 15.5 Å². The molecule has 0 aliphatic heterocycles. The van der Waals surface area contributed by atoms with Crippen molar-refractivity contribution < 1.29 is 19.1 Å². The van der Waals surface area contributed by atoms with Gasteiger partial charge in [-0.2, -0.15) is 10.4 Å². The van der Waals surface area contributed by atoms with Crippen molar-refractivity contribution in [3.05, 3.63) is 95.1 Å². The maximum atomic E-state index is 12.5. The third-order valence-corrected chi connectivity index (χ3v) is 4.56. The number of aryl methyl sites for hydroxylation is 1. The Morgan fingerprint density at radius 1 is 0.970 bits per heavy atom. The molecule has 0 atom stereocenters. The number of amides is 2. The Labute approximate surface area is 190 Å². The first kappa shape index (κ1) is 22.9. The first-order valence-corrected chi connectivity index (χ1v) is 9.95. The van der Waals surface area contributed by atoms with Crippen molar-refractivity contribution in [2.24, 2.45) is 5.10 Å². The van der Waals surface area contributed by atoms with Gasteiger partial charge in [-0.05, 0) is 48.4 Å². The molecule has 0 aromatic heterocycles. The van der Waals surface area contributed by atoms with Gasteiger partial charge in [0.1, 0.15) is 5.75 Å². The number of carbonyl (C=O) groups is 3. The fraction of sp³-hybridized carbons (Fsp3) is 0.0800.